The Labute approximate surface area is 130 Å². The molecule has 1 fully saturated rings. The number of hydrogen-bond donors (Lipinski definition) is 0. The Bertz CT molecular complexity index is 618. The van der Waals surface area contributed by atoms with Crippen molar-refractivity contribution in [3.63, 3.8) is 0 Å². The normalized spacial score (nSPS) is 15.8. The molecule has 3 rings (SSSR count). The van der Waals surface area contributed by atoms with E-state index in [1.165, 1.54) is 0 Å². The molecule has 0 bridgehead atoms. The van der Waals surface area contributed by atoms with Gasteiger partial charge in [0.1, 0.15) is 22.4 Å². The second-order valence-electron chi connectivity index (χ2n) is 4.22. The average molecular weight is 328 g/mol. The molecule has 106 valence electrons. The van der Waals surface area contributed by atoms with Gasteiger partial charge in [0.25, 0.3) is 0 Å². The molecule has 0 radical (unpaired) electrons. The smallest absolute Gasteiger partial charge is 0.225 e. The molecule has 0 amide bonds. The van der Waals surface area contributed by atoms with E-state index >= 15 is 0 Å². The van der Waals surface area contributed by atoms with Gasteiger partial charge in [-0.2, -0.15) is 16.7 Å². The molecule has 0 spiro atoms. The molecule has 1 aliphatic heterocycles. The quantitative estimate of drug-likeness (QED) is 0.488. The van der Waals surface area contributed by atoms with Crippen molar-refractivity contribution in [3.8, 4) is 0 Å². The Balaban J connectivity index is 2.13. The summed E-state index contributed by atoms with van der Waals surface area (Å²) in [7, 11) is 0. The fourth-order valence-corrected chi connectivity index (χ4v) is 3.86. The van der Waals surface area contributed by atoms with Crippen LogP contribution in [0.1, 0.15) is 6.92 Å². The maximum atomic E-state index is 6.10. The molecule has 5 nitrogen and oxygen atoms in total. The Morgan fingerprint density at radius 1 is 1.25 bits per heavy atom. The summed E-state index contributed by atoms with van der Waals surface area (Å²) in [6, 6.07) is 0. The number of halogens is 1. The van der Waals surface area contributed by atoms with Crippen molar-refractivity contribution in [2.75, 3.05) is 35.2 Å². The van der Waals surface area contributed by atoms with Crippen LogP contribution in [0.25, 0.3) is 11.0 Å². The highest BCUT2D eigenvalue weighted by Crippen LogP contribution is 2.30. The van der Waals surface area contributed by atoms with Gasteiger partial charge in [-0.3, -0.25) is 0 Å². The highest BCUT2D eigenvalue weighted by Gasteiger charge is 2.19. The van der Waals surface area contributed by atoms with Crippen molar-refractivity contribution in [1.29, 1.82) is 0 Å². The SMILES string of the molecule is CCSc1ncnc2c(N3CCSCC3)nc(Cl)nc12. The Hall–Kier alpha value is -0.790. The minimum atomic E-state index is 0.262. The van der Waals surface area contributed by atoms with E-state index in [9.17, 15) is 0 Å². The molecule has 20 heavy (non-hydrogen) atoms. The number of anilines is 1. The van der Waals surface area contributed by atoms with Crippen LogP contribution in [0.15, 0.2) is 11.4 Å². The van der Waals surface area contributed by atoms with Crippen molar-refractivity contribution in [1.82, 2.24) is 19.9 Å². The van der Waals surface area contributed by atoms with Crippen molar-refractivity contribution >= 4 is 52.0 Å². The molecule has 0 N–H and O–H groups in total. The molecule has 2 aromatic rings. The highest BCUT2D eigenvalue weighted by molar-refractivity contribution is 7.99. The minimum Gasteiger partial charge on any atom is -0.353 e. The Kier molecular flexibility index (Phi) is 4.48. The first-order valence-electron chi connectivity index (χ1n) is 6.43. The zero-order chi connectivity index (χ0) is 13.9. The molecular formula is C12H14ClN5S2. The maximum Gasteiger partial charge on any atom is 0.225 e. The van der Waals surface area contributed by atoms with E-state index in [4.69, 9.17) is 11.6 Å². The van der Waals surface area contributed by atoms with Crippen LogP contribution >= 0.6 is 35.1 Å². The molecule has 0 atom stereocenters. The van der Waals surface area contributed by atoms with Gasteiger partial charge in [0.05, 0.1) is 0 Å². The van der Waals surface area contributed by atoms with Crippen molar-refractivity contribution in [2.45, 2.75) is 11.9 Å². The number of fused-ring (bicyclic) bond motifs is 1. The molecule has 0 unspecified atom stereocenters. The predicted octanol–water partition coefficient (Wildman–Crippen LogP) is 2.74. The molecule has 2 aromatic heterocycles. The van der Waals surface area contributed by atoms with Crippen LogP contribution in [0.4, 0.5) is 5.82 Å². The number of aromatic nitrogens is 4. The third-order valence-electron chi connectivity index (χ3n) is 2.99. The van der Waals surface area contributed by atoms with E-state index in [0.29, 0.717) is 0 Å². The van der Waals surface area contributed by atoms with Gasteiger partial charge in [-0.25, -0.2) is 15.0 Å². The molecule has 0 saturated carbocycles. The summed E-state index contributed by atoms with van der Waals surface area (Å²) in [5, 5.41) is 1.13. The van der Waals surface area contributed by atoms with Crippen molar-refractivity contribution in [2.24, 2.45) is 0 Å². The third kappa shape index (κ3) is 2.80. The van der Waals surface area contributed by atoms with E-state index in [-0.39, 0.29) is 5.28 Å². The Morgan fingerprint density at radius 2 is 2.05 bits per heavy atom. The van der Waals surface area contributed by atoms with Crippen LogP contribution in [0.2, 0.25) is 5.28 Å². The zero-order valence-corrected chi connectivity index (χ0v) is 13.4. The summed E-state index contributed by atoms with van der Waals surface area (Å²) < 4.78 is 0. The standard InChI is InChI=1S/C12H14ClN5S2/c1-2-20-11-9-8(14-7-15-11)10(17-12(13)16-9)18-3-5-19-6-4-18/h7H,2-6H2,1H3. The lowest BCUT2D eigenvalue weighted by Gasteiger charge is -2.27. The fourth-order valence-electron chi connectivity index (χ4n) is 2.12. The first-order chi connectivity index (χ1) is 9.79. The lowest BCUT2D eigenvalue weighted by Crippen LogP contribution is -2.33. The molecule has 3 heterocycles. The number of hydrogen-bond acceptors (Lipinski definition) is 7. The third-order valence-corrected chi connectivity index (χ3v) is 4.97. The molecule has 8 heteroatoms. The predicted molar refractivity (Wildman–Crippen MR) is 86.1 cm³/mol. The van der Waals surface area contributed by atoms with E-state index in [0.717, 1.165) is 52.2 Å². The monoisotopic (exact) mass is 327 g/mol. The summed E-state index contributed by atoms with van der Waals surface area (Å²) in [6.45, 7) is 4.02. The minimum absolute atomic E-state index is 0.262. The number of rotatable bonds is 3. The maximum absolute atomic E-state index is 6.10. The summed E-state index contributed by atoms with van der Waals surface area (Å²) in [5.74, 6) is 3.97. The van der Waals surface area contributed by atoms with E-state index < -0.39 is 0 Å². The molecule has 0 aliphatic carbocycles. The molecule has 1 saturated heterocycles. The van der Waals surface area contributed by atoms with Gasteiger partial charge in [-0.1, -0.05) is 6.92 Å². The second kappa shape index (κ2) is 6.32. The van der Waals surface area contributed by atoms with Crippen LogP contribution in [0.3, 0.4) is 0 Å². The van der Waals surface area contributed by atoms with Crippen LogP contribution < -0.4 is 4.90 Å². The van der Waals surface area contributed by atoms with Crippen LogP contribution in [0, 0.1) is 0 Å². The van der Waals surface area contributed by atoms with Crippen LogP contribution in [-0.4, -0.2) is 50.3 Å². The van der Waals surface area contributed by atoms with Gasteiger partial charge in [-0.05, 0) is 17.4 Å². The Morgan fingerprint density at radius 3 is 2.80 bits per heavy atom. The zero-order valence-electron chi connectivity index (χ0n) is 11.0. The summed E-state index contributed by atoms with van der Waals surface area (Å²) in [6.07, 6.45) is 1.58. The van der Waals surface area contributed by atoms with E-state index in [1.54, 1.807) is 18.1 Å². The lowest BCUT2D eigenvalue weighted by molar-refractivity contribution is 0.838. The lowest BCUT2D eigenvalue weighted by atomic mass is 10.3. The summed E-state index contributed by atoms with van der Waals surface area (Å²) in [5.41, 5.74) is 1.56. The number of nitrogens with zero attached hydrogens (tertiary/aromatic N) is 5. The van der Waals surface area contributed by atoms with Crippen LogP contribution in [0.5, 0.6) is 0 Å². The first kappa shape index (κ1) is 14.2. The van der Waals surface area contributed by atoms with E-state index in [1.807, 2.05) is 11.8 Å². The van der Waals surface area contributed by atoms with E-state index in [2.05, 4.69) is 31.8 Å². The number of thioether (sulfide) groups is 2. The largest absolute Gasteiger partial charge is 0.353 e. The van der Waals surface area contributed by atoms with Crippen molar-refractivity contribution in [3.05, 3.63) is 11.6 Å². The highest BCUT2D eigenvalue weighted by atomic mass is 35.5. The van der Waals surface area contributed by atoms with Crippen molar-refractivity contribution < 1.29 is 0 Å². The summed E-state index contributed by atoms with van der Waals surface area (Å²) >= 11 is 9.70. The molecule has 0 aromatic carbocycles. The summed E-state index contributed by atoms with van der Waals surface area (Å²) in [4.78, 5) is 19.6. The van der Waals surface area contributed by atoms with Gasteiger partial charge >= 0.3 is 0 Å². The fraction of sp³-hybridized carbons (Fsp3) is 0.500. The molecule has 1 aliphatic rings. The van der Waals surface area contributed by atoms with Gasteiger partial charge in [-0.15, -0.1) is 11.8 Å². The average Bonchev–Trinajstić information content (AvgIpc) is 2.48. The second-order valence-corrected chi connectivity index (χ2v) is 7.04. The van der Waals surface area contributed by atoms with Gasteiger partial charge in [0.15, 0.2) is 5.82 Å². The first-order valence-corrected chi connectivity index (χ1v) is 8.95. The molecular weight excluding hydrogens is 314 g/mol. The van der Waals surface area contributed by atoms with Gasteiger partial charge in [0, 0.05) is 24.6 Å². The van der Waals surface area contributed by atoms with Gasteiger partial charge < -0.3 is 4.90 Å². The van der Waals surface area contributed by atoms with Crippen LogP contribution in [-0.2, 0) is 0 Å². The van der Waals surface area contributed by atoms with Gasteiger partial charge in [0.2, 0.25) is 5.28 Å². The topological polar surface area (TPSA) is 54.8 Å².